The van der Waals surface area contributed by atoms with Crippen LogP contribution in [0, 0.1) is 5.92 Å². The van der Waals surface area contributed by atoms with Gasteiger partial charge in [-0.05, 0) is 60.0 Å². The monoisotopic (exact) mass is 322 g/mol. The Morgan fingerprint density at radius 2 is 2.09 bits per heavy atom. The number of carbonyl (C=O) groups excluding carboxylic acids is 1. The predicted octanol–water partition coefficient (Wildman–Crippen LogP) is 0.895. The molecule has 2 aromatic rings. The van der Waals surface area contributed by atoms with Crippen molar-refractivity contribution >= 4 is 18.3 Å². The van der Waals surface area contributed by atoms with Crippen molar-refractivity contribution in [2.24, 2.45) is 11.7 Å². The van der Waals surface area contributed by atoms with Crippen LogP contribution in [-0.4, -0.2) is 50.6 Å². The summed E-state index contributed by atoms with van der Waals surface area (Å²) in [6, 6.07) is 7.30. The molecule has 0 saturated carbocycles. The lowest BCUT2D eigenvalue weighted by molar-refractivity contribution is 0.0678. The summed E-state index contributed by atoms with van der Waals surface area (Å²) >= 11 is 0. The summed E-state index contributed by atoms with van der Waals surface area (Å²) in [6.45, 7) is 2.20. The maximum absolute atomic E-state index is 12.5. The Kier molecular flexibility index (Phi) is 5.46. The molecule has 2 N–H and O–H groups in total. The Hall–Kier alpha value is -1.99. The third kappa shape index (κ3) is 3.42. The second kappa shape index (κ2) is 7.33. The van der Waals surface area contributed by atoms with Crippen molar-refractivity contribution in [3.05, 3.63) is 36.2 Å². The molecule has 0 radical (unpaired) electrons. The largest absolute Gasteiger partial charge is 0.338 e. The van der Waals surface area contributed by atoms with Gasteiger partial charge in [0.15, 0.2) is 0 Å². The molecule has 22 heavy (non-hydrogen) atoms. The maximum atomic E-state index is 12.5. The first-order chi connectivity index (χ1) is 10.3. The van der Waals surface area contributed by atoms with Crippen LogP contribution in [0.25, 0.3) is 5.69 Å². The molecule has 0 bridgehead atoms. The zero-order valence-electron chi connectivity index (χ0n) is 12.1. The molecule has 1 atom stereocenters. The minimum absolute atomic E-state index is 0. The lowest BCUT2D eigenvalue weighted by Gasteiger charge is -2.32. The fraction of sp³-hybridized carbons (Fsp3) is 0.429. The van der Waals surface area contributed by atoms with Gasteiger partial charge in [0.25, 0.3) is 5.91 Å². The maximum Gasteiger partial charge on any atom is 0.253 e. The number of halogens is 1. The van der Waals surface area contributed by atoms with Crippen LogP contribution in [0.15, 0.2) is 30.6 Å². The second-order valence-corrected chi connectivity index (χ2v) is 5.30. The van der Waals surface area contributed by atoms with Crippen LogP contribution in [0.2, 0.25) is 0 Å². The van der Waals surface area contributed by atoms with Gasteiger partial charge in [-0.15, -0.1) is 17.5 Å². The number of hydrogen-bond donors (Lipinski definition) is 1. The van der Waals surface area contributed by atoms with Crippen molar-refractivity contribution in [3.63, 3.8) is 0 Å². The first-order valence-corrected chi connectivity index (χ1v) is 7.10. The van der Waals surface area contributed by atoms with Gasteiger partial charge in [0.1, 0.15) is 6.33 Å². The Balaban J connectivity index is 0.00000176. The Morgan fingerprint density at radius 3 is 2.73 bits per heavy atom. The van der Waals surface area contributed by atoms with Gasteiger partial charge in [0, 0.05) is 18.7 Å². The summed E-state index contributed by atoms with van der Waals surface area (Å²) in [5.74, 6) is 0.486. The van der Waals surface area contributed by atoms with Crippen molar-refractivity contribution in [2.75, 3.05) is 19.6 Å². The first-order valence-electron chi connectivity index (χ1n) is 7.10. The molecule has 1 saturated heterocycles. The van der Waals surface area contributed by atoms with E-state index in [9.17, 15) is 4.79 Å². The minimum atomic E-state index is 0. The summed E-state index contributed by atoms with van der Waals surface area (Å²) in [5, 5.41) is 11.0. The second-order valence-electron chi connectivity index (χ2n) is 5.30. The first kappa shape index (κ1) is 16.4. The number of benzene rings is 1. The Morgan fingerprint density at radius 1 is 1.32 bits per heavy atom. The molecule has 1 aromatic carbocycles. The molecule has 7 nitrogen and oxygen atoms in total. The standard InChI is InChI=1S/C14H18N6O.ClH/c15-8-11-2-1-7-19(9-11)14(21)12-3-5-13(6-4-12)20-10-16-17-18-20;/h3-6,10-11H,1-2,7-9,15H2;1H. The average molecular weight is 323 g/mol. The summed E-state index contributed by atoms with van der Waals surface area (Å²) < 4.78 is 1.56. The van der Waals surface area contributed by atoms with Gasteiger partial charge in [0.2, 0.25) is 0 Å². The fourth-order valence-electron chi connectivity index (χ4n) is 2.66. The van der Waals surface area contributed by atoms with E-state index in [1.807, 2.05) is 29.2 Å². The van der Waals surface area contributed by atoms with E-state index in [2.05, 4.69) is 15.5 Å². The molecule has 0 aliphatic carbocycles. The molecule has 0 spiro atoms. The summed E-state index contributed by atoms with van der Waals surface area (Å²) in [4.78, 5) is 14.4. The molecule has 1 aliphatic heterocycles. The van der Waals surface area contributed by atoms with Crippen LogP contribution in [0.1, 0.15) is 23.2 Å². The number of aromatic nitrogens is 4. The summed E-state index contributed by atoms with van der Waals surface area (Å²) in [5.41, 5.74) is 7.23. The fourth-order valence-corrected chi connectivity index (χ4v) is 2.66. The summed E-state index contributed by atoms with van der Waals surface area (Å²) in [7, 11) is 0. The van der Waals surface area contributed by atoms with E-state index in [1.165, 1.54) is 6.33 Å². The normalized spacial score (nSPS) is 17.9. The van der Waals surface area contributed by atoms with Crippen LogP contribution >= 0.6 is 12.4 Å². The number of nitrogens with two attached hydrogens (primary N) is 1. The lowest BCUT2D eigenvalue weighted by atomic mass is 9.97. The van der Waals surface area contributed by atoms with Crippen LogP contribution in [0.4, 0.5) is 0 Å². The number of rotatable bonds is 3. The van der Waals surface area contributed by atoms with E-state index < -0.39 is 0 Å². The van der Waals surface area contributed by atoms with Gasteiger partial charge in [-0.1, -0.05) is 0 Å². The quantitative estimate of drug-likeness (QED) is 0.906. The smallest absolute Gasteiger partial charge is 0.253 e. The molecule has 1 aromatic heterocycles. The van der Waals surface area contributed by atoms with Gasteiger partial charge < -0.3 is 10.6 Å². The van der Waals surface area contributed by atoms with Crippen LogP contribution < -0.4 is 5.73 Å². The molecule has 8 heteroatoms. The number of hydrogen-bond acceptors (Lipinski definition) is 5. The van der Waals surface area contributed by atoms with Gasteiger partial charge in [-0.2, -0.15) is 0 Å². The van der Waals surface area contributed by atoms with Crippen molar-refractivity contribution in [2.45, 2.75) is 12.8 Å². The van der Waals surface area contributed by atoms with E-state index in [4.69, 9.17) is 5.73 Å². The number of amides is 1. The van der Waals surface area contributed by atoms with E-state index in [1.54, 1.807) is 4.68 Å². The SMILES string of the molecule is Cl.NCC1CCCN(C(=O)c2ccc(-n3cnnn3)cc2)C1. The number of nitrogens with zero attached hydrogens (tertiary/aromatic N) is 5. The van der Waals surface area contributed by atoms with E-state index in [-0.39, 0.29) is 18.3 Å². The number of likely N-dealkylation sites (tertiary alicyclic amines) is 1. The zero-order chi connectivity index (χ0) is 14.7. The molecular weight excluding hydrogens is 304 g/mol. The molecule has 1 aliphatic rings. The van der Waals surface area contributed by atoms with Crippen molar-refractivity contribution in [1.82, 2.24) is 25.1 Å². The highest BCUT2D eigenvalue weighted by Gasteiger charge is 2.23. The van der Waals surface area contributed by atoms with Crippen molar-refractivity contribution in [3.8, 4) is 5.69 Å². The van der Waals surface area contributed by atoms with E-state index >= 15 is 0 Å². The molecular formula is C14H19ClN6O. The third-order valence-corrected chi connectivity index (χ3v) is 3.87. The van der Waals surface area contributed by atoms with Crippen LogP contribution in [0.5, 0.6) is 0 Å². The Labute approximate surface area is 134 Å². The van der Waals surface area contributed by atoms with Gasteiger partial charge in [-0.25, -0.2) is 4.68 Å². The van der Waals surface area contributed by atoms with E-state index in [0.29, 0.717) is 18.0 Å². The van der Waals surface area contributed by atoms with Gasteiger partial charge >= 0.3 is 0 Å². The lowest BCUT2D eigenvalue weighted by Crippen LogP contribution is -2.42. The zero-order valence-corrected chi connectivity index (χ0v) is 12.9. The van der Waals surface area contributed by atoms with Crippen molar-refractivity contribution < 1.29 is 4.79 Å². The predicted molar refractivity (Wildman–Crippen MR) is 84.1 cm³/mol. The number of piperidine rings is 1. The number of tetrazole rings is 1. The molecule has 2 heterocycles. The molecule has 1 amide bonds. The number of carbonyl (C=O) groups is 1. The minimum Gasteiger partial charge on any atom is -0.338 e. The topological polar surface area (TPSA) is 89.9 Å². The third-order valence-electron chi connectivity index (χ3n) is 3.87. The van der Waals surface area contributed by atoms with Gasteiger partial charge in [-0.3, -0.25) is 4.79 Å². The van der Waals surface area contributed by atoms with Crippen LogP contribution in [0.3, 0.4) is 0 Å². The Bertz CT molecular complexity index is 600. The van der Waals surface area contributed by atoms with E-state index in [0.717, 1.165) is 31.6 Å². The summed E-state index contributed by atoms with van der Waals surface area (Å²) in [6.07, 6.45) is 3.65. The molecule has 3 rings (SSSR count). The average Bonchev–Trinajstić information content (AvgIpc) is 3.09. The highest BCUT2D eigenvalue weighted by molar-refractivity contribution is 5.94. The molecule has 1 unspecified atom stereocenters. The van der Waals surface area contributed by atoms with Gasteiger partial charge in [0.05, 0.1) is 5.69 Å². The molecule has 118 valence electrons. The highest BCUT2D eigenvalue weighted by atomic mass is 35.5. The van der Waals surface area contributed by atoms with Crippen molar-refractivity contribution in [1.29, 1.82) is 0 Å². The van der Waals surface area contributed by atoms with Crippen LogP contribution in [-0.2, 0) is 0 Å². The highest BCUT2D eigenvalue weighted by Crippen LogP contribution is 2.18. The molecule has 1 fully saturated rings.